The van der Waals surface area contributed by atoms with E-state index in [0.29, 0.717) is 33.6 Å². The molecule has 6 aromatic rings. The second-order valence-electron chi connectivity index (χ2n) is 9.65. The Kier molecular flexibility index (Phi) is 4.50. The maximum Gasteiger partial charge on any atom is 0.185 e. The summed E-state index contributed by atoms with van der Waals surface area (Å²) in [6, 6.07) is 42.4. The van der Waals surface area contributed by atoms with Crippen LogP contribution in [-0.2, 0) is 4.57 Å². The average Bonchev–Trinajstić information content (AvgIpc) is 2.98. The monoisotopic (exact) mass is 508 g/mol. The topological polar surface area (TPSA) is 35.5 Å². The summed E-state index contributed by atoms with van der Waals surface area (Å²) in [5, 5.41) is 4.07. The maximum absolute atomic E-state index is 15.5. The van der Waals surface area contributed by atoms with Crippen molar-refractivity contribution < 1.29 is 14.0 Å². The number of fused-ring (bicyclic) bond motifs is 6. The summed E-state index contributed by atoms with van der Waals surface area (Å²) in [6.07, 6.45) is 0. The standard InChI is InChI=1S/C34H21O3P/c35-38-30-16-7-6-15-28(30)36-29-19-18-27(25-13-8-12-24(21-25)22-9-2-1-3-10-22)33(34(29)38)37-32-26-14-5-4-11-23(26)17-20-31(32)38/h1-21H. The molecule has 0 radical (unpaired) electrons. The van der Waals surface area contributed by atoms with E-state index < -0.39 is 7.14 Å². The normalized spacial score (nSPS) is 16.5. The molecule has 0 fully saturated rings. The van der Waals surface area contributed by atoms with Crippen molar-refractivity contribution in [2.24, 2.45) is 0 Å². The number of hydrogen-bond acceptors (Lipinski definition) is 3. The van der Waals surface area contributed by atoms with Crippen LogP contribution in [0.4, 0.5) is 0 Å². The van der Waals surface area contributed by atoms with Crippen molar-refractivity contribution in [1.82, 2.24) is 0 Å². The molecule has 0 saturated carbocycles. The first-order chi connectivity index (χ1) is 18.7. The van der Waals surface area contributed by atoms with Crippen LogP contribution in [0.25, 0.3) is 33.0 Å². The van der Waals surface area contributed by atoms with Crippen LogP contribution in [0.5, 0.6) is 23.0 Å². The van der Waals surface area contributed by atoms with E-state index in [9.17, 15) is 0 Å². The van der Waals surface area contributed by atoms with Crippen LogP contribution in [-0.4, -0.2) is 0 Å². The molecule has 0 amide bonds. The third-order valence-electron chi connectivity index (χ3n) is 7.52. The number of hydrogen-bond donors (Lipinski definition) is 0. The summed E-state index contributed by atoms with van der Waals surface area (Å²) in [5.41, 5.74) is 4.14. The molecule has 8 rings (SSSR count). The van der Waals surface area contributed by atoms with Gasteiger partial charge in [-0.1, -0.05) is 91.0 Å². The summed E-state index contributed by atoms with van der Waals surface area (Å²) in [7, 11) is -3.29. The van der Waals surface area contributed by atoms with Crippen molar-refractivity contribution in [3.63, 3.8) is 0 Å². The van der Waals surface area contributed by atoms with E-state index >= 15 is 4.57 Å². The average molecular weight is 509 g/mol. The molecule has 3 nitrogen and oxygen atoms in total. The van der Waals surface area contributed by atoms with Gasteiger partial charge in [0.2, 0.25) is 0 Å². The zero-order chi connectivity index (χ0) is 25.3. The molecule has 180 valence electrons. The molecule has 0 spiro atoms. The molecule has 0 aromatic heterocycles. The van der Waals surface area contributed by atoms with Gasteiger partial charge in [0.05, 0.1) is 10.6 Å². The fourth-order valence-electron chi connectivity index (χ4n) is 5.74. The smallest absolute Gasteiger partial charge is 0.185 e. The molecule has 2 heterocycles. The highest BCUT2D eigenvalue weighted by Gasteiger charge is 2.47. The third kappa shape index (κ3) is 2.94. The van der Waals surface area contributed by atoms with Crippen LogP contribution < -0.4 is 25.4 Å². The lowest BCUT2D eigenvalue weighted by Crippen LogP contribution is -2.35. The minimum absolute atomic E-state index is 0.587. The van der Waals surface area contributed by atoms with Gasteiger partial charge in [0.1, 0.15) is 28.3 Å². The molecule has 2 aliphatic heterocycles. The third-order valence-corrected chi connectivity index (χ3v) is 10.6. The molecular formula is C34H21O3P. The van der Waals surface area contributed by atoms with Gasteiger partial charge in [0.15, 0.2) is 7.14 Å². The van der Waals surface area contributed by atoms with Crippen LogP contribution in [0.1, 0.15) is 0 Å². The molecule has 6 aromatic carbocycles. The highest BCUT2D eigenvalue weighted by atomic mass is 31.2. The Bertz CT molecular complexity index is 1960. The maximum atomic E-state index is 15.5. The van der Waals surface area contributed by atoms with E-state index in [1.807, 2.05) is 84.9 Å². The molecule has 38 heavy (non-hydrogen) atoms. The largest absolute Gasteiger partial charge is 0.456 e. The number of benzene rings is 6. The zero-order valence-electron chi connectivity index (χ0n) is 20.3. The van der Waals surface area contributed by atoms with Gasteiger partial charge < -0.3 is 14.0 Å². The number of para-hydroxylation sites is 1. The Morgan fingerprint density at radius 1 is 0.500 bits per heavy atom. The van der Waals surface area contributed by atoms with Crippen molar-refractivity contribution in [3.05, 3.63) is 127 Å². The Labute approximate surface area is 220 Å². The molecule has 4 heteroatoms. The van der Waals surface area contributed by atoms with Crippen molar-refractivity contribution in [3.8, 4) is 45.3 Å². The SMILES string of the molecule is O=P12c3ccccc3Oc3ccc(-c4cccc(-c5ccccc5)c4)c(c31)Oc1c2ccc2ccccc12. The van der Waals surface area contributed by atoms with Gasteiger partial charge in [0.25, 0.3) is 0 Å². The molecule has 1 unspecified atom stereocenters. The molecule has 0 saturated heterocycles. The van der Waals surface area contributed by atoms with Gasteiger partial charge in [-0.3, -0.25) is 0 Å². The Morgan fingerprint density at radius 3 is 2.18 bits per heavy atom. The van der Waals surface area contributed by atoms with Crippen molar-refractivity contribution in [2.75, 3.05) is 0 Å². The van der Waals surface area contributed by atoms with E-state index in [2.05, 4.69) is 42.5 Å². The van der Waals surface area contributed by atoms with E-state index in [-0.39, 0.29) is 0 Å². The second kappa shape index (κ2) is 7.95. The summed E-state index contributed by atoms with van der Waals surface area (Å²) < 4.78 is 28.6. The minimum Gasteiger partial charge on any atom is -0.456 e. The van der Waals surface area contributed by atoms with Gasteiger partial charge >= 0.3 is 0 Å². The second-order valence-corrected chi connectivity index (χ2v) is 12.3. The highest BCUT2D eigenvalue weighted by Crippen LogP contribution is 2.60. The molecular weight excluding hydrogens is 487 g/mol. The molecule has 2 aliphatic rings. The lowest BCUT2D eigenvalue weighted by atomic mass is 9.98. The van der Waals surface area contributed by atoms with Crippen molar-refractivity contribution in [1.29, 1.82) is 0 Å². The fourth-order valence-corrected chi connectivity index (χ4v) is 8.83. The van der Waals surface area contributed by atoms with Crippen LogP contribution in [0.3, 0.4) is 0 Å². The van der Waals surface area contributed by atoms with E-state index in [1.165, 1.54) is 0 Å². The predicted octanol–water partition coefficient (Wildman–Crippen LogP) is 8.02. The van der Waals surface area contributed by atoms with Gasteiger partial charge in [-0.2, -0.15) is 0 Å². The highest BCUT2D eigenvalue weighted by molar-refractivity contribution is 7.86. The van der Waals surface area contributed by atoms with Gasteiger partial charge in [-0.15, -0.1) is 0 Å². The van der Waals surface area contributed by atoms with Gasteiger partial charge in [-0.05, 0) is 58.5 Å². The first kappa shape index (κ1) is 21.5. The molecule has 0 bridgehead atoms. The first-order valence-corrected chi connectivity index (χ1v) is 14.3. The van der Waals surface area contributed by atoms with Gasteiger partial charge in [-0.25, -0.2) is 0 Å². The Morgan fingerprint density at radius 2 is 1.26 bits per heavy atom. The van der Waals surface area contributed by atoms with Crippen LogP contribution in [0.2, 0.25) is 0 Å². The summed E-state index contributed by atoms with van der Waals surface area (Å²) in [4.78, 5) is 0. The van der Waals surface area contributed by atoms with Crippen LogP contribution in [0.15, 0.2) is 127 Å². The van der Waals surface area contributed by atoms with Crippen molar-refractivity contribution in [2.45, 2.75) is 0 Å². The molecule has 1 atom stereocenters. The quantitative estimate of drug-likeness (QED) is 0.222. The fraction of sp³-hybridized carbons (Fsp3) is 0. The summed E-state index contributed by atoms with van der Waals surface area (Å²) >= 11 is 0. The van der Waals surface area contributed by atoms with E-state index in [0.717, 1.165) is 38.3 Å². The summed E-state index contributed by atoms with van der Waals surface area (Å²) in [6.45, 7) is 0. The lowest BCUT2D eigenvalue weighted by molar-refractivity contribution is 0.465. The number of ether oxygens (including phenoxy) is 2. The minimum atomic E-state index is -3.29. The predicted molar refractivity (Wildman–Crippen MR) is 154 cm³/mol. The Balaban J connectivity index is 1.44. The van der Waals surface area contributed by atoms with E-state index in [1.54, 1.807) is 0 Å². The van der Waals surface area contributed by atoms with Crippen LogP contribution in [0, 0.1) is 0 Å². The van der Waals surface area contributed by atoms with Crippen LogP contribution >= 0.6 is 7.14 Å². The number of rotatable bonds is 2. The molecule has 0 N–H and O–H groups in total. The lowest BCUT2D eigenvalue weighted by Gasteiger charge is -2.35. The Hall–Kier alpha value is -4.59. The summed E-state index contributed by atoms with van der Waals surface area (Å²) in [5.74, 6) is 2.49. The van der Waals surface area contributed by atoms with Crippen molar-refractivity contribution >= 4 is 33.8 Å². The zero-order valence-corrected chi connectivity index (χ0v) is 21.2. The van der Waals surface area contributed by atoms with Gasteiger partial charge in [0, 0.05) is 10.9 Å². The first-order valence-electron chi connectivity index (χ1n) is 12.6. The van der Waals surface area contributed by atoms with E-state index in [4.69, 9.17) is 9.47 Å². The molecule has 0 aliphatic carbocycles.